The maximum Gasteiger partial charge on any atom is 0.293 e. The normalized spacial score (nSPS) is 12.9. The van der Waals surface area contributed by atoms with Crippen molar-refractivity contribution in [2.75, 3.05) is 5.32 Å². The largest absolute Gasteiger partial charge is 0.371 e. The maximum absolute atomic E-state index is 11.3. The number of rotatable bonds is 5. The highest BCUT2D eigenvalue weighted by molar-refractivity contribution is 7.89. The lowest BCUT2D eigenvalue weighted by molar-refractivity contribution is -0.384. The molecule has 0 aliphatic carbocycles. The summed E-state index contributed by atoms with van der Waals surface area (Å²) in [5.41, 5.74) is 0.605. The van der Waals surface area contributed by atoms with Gasteiger partial charge in [-0.3, -0.25) is 10.1 Å². The topological polar surface area (TPSA) is 128 Å². The number of primary sulfonamides is 1. The molecule has 0 fully saturated rings. The Morgan fingerprint density at radius 2 is 2.14 bits per heavy atom. The van der Waals surface area contributed by atoms with Gasteiger partial charge in [-0.05, 0) is 26.0 Å². The first-order valence-electron chi connectivity index (χ1n) is 6.18. The minimum atomic E-state index is -4.00. The number of aryl methyl sites for hydroxylation is 1. The quantitative estimate of drug-likeness (QED) is 0.633. The van der Waals surface area contributed by atoms with Crippen molar-refractivity contribution in [3.8, 4) is 0 Å². The van der Waals surface area contributed by atoms with Crippen LogP contribution < -0.4 is 10.5 Å². The Kier molecular flexibility index (Phi) is 4.44. The first-order valence-corrected chi connectivity index (χ1v) is 8.61. The van der Waals surface area contributed by atoms with Crippen LogP contribution in [0, 0.1) is 17.0 Å². The zero-order chi connectivity index (χ0) is 16.5. The van der Waals surface area contributed by atoms with E-state index in [2.05, 4.69) is 10.3 Å². The smallest absolute Gasteiger partial charge is 0.293 e. The van der Waals surface area contributed by atoms with Crippen LogP contribution in [0.2, 0.25) is 0 Å². The second-order valence-corrected chi connectivity index (χ2v) is 7.26. The molecule has 22 heavy (non-hydrogen) atoms. The average molecular weight is 342 g/mol. The van der Waals surface area contributed by atoms with E-state index < -0.39 is 14.9 Å². The van der Waals surface area contributed by atoms with Crippen molar-refractivity contribution >= 4 is 32.7 Å². The molecule has 0 saturated carbocycles. The number of aromatic nitrogens is 1. The summed E-state index contributed by atoms with van der Waals surface area (Å²) in [6.07, 6.45) is 0. The van der Waals surface area contributed by atoms with Crippen molar-refractivity contribution in [3.63, 3.8) is 0 Å². The second kappa shape index (κ2) is 5.99. The van der Waals surface area contributed by atoms with Gasteiger partial charge in [0.05, 0.1) is 26.6 Å². The van der Waals surface area contributed by atoms with Crippen LogP contribution in [0.4, 0.5) is 11.4 Å². The van der Waals surface area contributed by atoms with Crippen LogP contribution in [0.15, 0.2) is 28.5 Å². The Labute approximate surface area is 131 Å². The Hall–Kier alpha value is -2.04. The van der Waals surface area contributed by atoms with Crippen LogP contribution in [0.3, 0.4) is 0 Å². The molecule has 8 nitrogen and oxygen atoms in total. The van der Waals surface area contributed by atoms with Gasteiger partial charge in [0, 0.05) is 11.4 Å². The van der Waals surface area contributed by atoms with E-state index in [-0.39, 0.29) is 22.3 Å². The zero-order valence-corrected chi connectivity index (χ0v) is 13.4. The van der Waals surface area contributed by atoms with Crippen molar-refractivity contribution < 1.29 is 13.3 Å². The minimum absolute atomic E-state index is 0.204. The van der Waals surface area contributed by atoms with Gasteiger partial charge in [0.2, 0.25) is 10.0 Å². The average Bonchev–Trinajstić information content (AvgIpc) is 2.84. The van der Waals surface area contributed by atoms with E-state index in [1.54, 1.807) is 0 Å². The van der Waals surface area contributed by atoms with Gasteiger partial charge < -0.3 is 5.32 Å². The molecule has 0 bridgehead atoms. The van der Waals surface area contributed by atoms with Crippen molar-refractivity contribution in [1.82, 2.24) is 4.98 Å². The molecule has 2 aromatic rings. The lowest BCUT2D eigenvalue weighted by Crippen LogP contribution is -2.13. The van der Waals surface area contributed by atoms with Gasteiger partial charge >= 0.3 is 0 Å². The molecule has 1 aromatic carbocycles. The fourth-order valence-electron chi connectivity index (χ4n) is 1.85. The van der Waals surface area contributed by atoms with E-state index in [0.717, 1.165) is 16.8 Å². The minimum Gasteiger partial charge on any atom is -0.371 e. The van der Waals surface area contributed by atoms with E-state index in [1.807, 2.05) is 19.2 Å². The standard InChI is InChI=1S/C12H14N4O4S2/c1-7(11-6-21-8(2)15-11)14-10-4-3-9(22(13,19)20)5-12(10)16(17)18/h3-7,14H,1-2H3,(H2,13,19,20). The van der Waals surface area contributed by atoms with Gasteiger partial charge in [0.15, 0.2) is 0 Å². The highest BCUT2D eigenvalue weighted by atomic mass is 32.2. The van der Waals surface area contributed by atoms with Crippen molar-refractivity contribution in [3.05, 3.63) is 44.4 Å². The third-order valence-electron chi connectivity index (χ3n) is 2.95. The molecule has 10 heteroatoms. The molecule has 0 radical (unpaired) electrons. The first kappa shape index (κ1) is 16.3. The molecule has 3 N–H and O–H groups in total. The third-order valence-corrected chi connectivity index (χ3v) is 4.65. The summed E-state index contributed by atoms with van der Waals surface area (Å²) in [5, 5.41) is 21.8. The lowest BCUT2D eigenvalue weighted by Gasteiger charge is -2.13. The molecule has 1 unspecified atom stereocenters. The Bertz CT molecular complexity index is 816. The lowest BCUT2D eigenvalue weighted by atomic mass is 10.2. The number of benzene rings is 1. The van der Waals surface area contributed by atoms with Gasteiger partial charge in [-0.2, -0.15) is 0 Å². The Morgan fingerprint density at radius 1 is 1.45 bits per heavy atom. The Balaban J connectivity index is 2.36. The monoisotopic (exact) mass is 342 g/mol. The van der Waals surface area contributed by atoms with Crippen LogP contribution in [-0.2, 0) is 10.0 Å². The van der Waals surface area contributed by atoms with Crippen LogP contribution in [0.25, 0.3) is 0 Å². The molecule has 118 valence electrons. The van der Waals surface area contributed by atoms with Gasteiger partial charge in [-0.25, -0.2) is 18.5 Å². The third kappa shape index (κ3) is 3.59. The fourth-order valence-corrected chi connectivity index (χ4v) is 3.09. The maximum atomic E-state index is 11.3. The van der Waals surface area contributed by atoms with Crippen molar-refractivity contribution in [1.29, 1.82) is 0 Å². The predicted molar refractivity (Wildman–Crippen MR) is 83.4 cm³/mol. The number of anilines is 1. The zero-order valence-electron chi connectivity index (χ0n) is 11.8. The number of nitro benzene ring substituents is 1. The highest BCUT2D eigenvalue weighted by Gasteiger charge is 2.21. The Morgan fingerprint density at radius 3 is 2.64 bits per heavy atom. The summed E-state index contributed by atoms with van der Waals surface area (Å²) in [7, 11) is -4.00. The van der Waals surface area contributed by atoms with Crippen LogP contribution in [-0.4, -0.2) is 18.3 Å². The molecular formula is C12H14N4O4S2. The summed E-state index contributed by atoms with van der Waals surface area (Å²) in [6, 6.07) is 3.23. The van der Waals surface area contributed by atoms with Crippen LogP contribution in [0.5, 0.6) is 0 Å². The van der Waals surface area contributed by atoms with Crippen LogP contribution in [0.1, 0.15) is 23.7 Å². The van der Waals surface area contributed by atoms with E-state index in [0.29, 0.717) is 0 Å². The SMILES string of the molecule is Cc1nc(C(C)Nc2ccc(S(N)(=O)=O)cc2[N+](=O)[O-])cs1. The number of nitro groups is 1. The summed E-state index contributed by atoms with van der Waals surface area (Å²) in [5.74, 6) is 0. The highest BCUT2D eigenvalue weighted by Crippen LogP contribution is 2.30. The van der Waals surface area contributed by atoms with E-state index in [9.17, 15) is 18.5 Å². The molecule has 2 rings (SSSR count). The predicted octanol–water partition coefficient (Wildman–Crippen LogP) is 2.18. The van der Waals surface area contributed by atoms with E-state index in [4.69, 9.17) is 5.14 Å². The van der Waals surface area contributed by atoms with E-state index in [1.165, 1.54) is 23.5 Å². The molecule has 1 heterocycles. The van der Waals surface area contributed by atoms with Crippen molar-refractivity contribution in [2.24, 2.45) is 5.14 Å². The van der Waals surface area contributed by atoms with Gasteiger partial charge in [-0.15, -0.1) is 11.3 Å². The summed E-state index contributed by atoms with van der Waals surface area (Å²) < 4.78 is 22.6. The van der Waals surface area contributed by atoms with Gasteiger partial charge in [0.25, 0.3) is 5.69 Å². The number of hydrogen-bond donors (Lipinski definition) is 2. The van der Waals surface area contributed by atoms with Crippen molar-refractivity contribution in [2.45, 2.75) is 24.8 Å². The molecule has 0 aliphatic rings. The van der Waals surface area contributed by atoms with Gasteiger partial charge in [0.1, 0.15) is 5.69 Å². The molecule has 1 atom stereocenters. The fraction of sp³-hybridized carbons (Fsp3) is 0.250. The number of sulfonamides is 1. The molecular weight excluding hydrogens is 328 g/mol. The summed E-state index contributed by atoms with van der Waals surface area (Å²) >= 11 is 1.48. The van der Waals surface area contributed by atoms with Gasteiger partial charge in [-0.1, -0.05) is 0 Å². The molecule has 0 spiro atoms. The number of thiazole rings is 1. The molecule has 0 aliphatic heterocycles. The van der Waals surface area contributed by atoms with E-state index >= 15 is 0 Å². The molecule has 1 aromatic heterocycles. The first-order chi connectivity index (χ1) is 10.2. The summed E-state index contributed by atoms with van der Waals surface area (Å²) in [6.45, 7) is 3.68. The summed E-state index contributed by atoms with van der Waals surface area (Å²) in [4.78, 5) is 14.5. The number of nitrogens with zero attached hydrogens (tertiary/aromatic N) is 2. The molecule has 0 saturated heterocycles. The number of nitrogens with one attached hydrogen (secondary N) is 1. The number of nitrogens with two attached hydrogens (primary N) is 1. The second-order valence-electron chi connectivity index (χ2n) is 4.64. The molecule has 0 amide bonds. The number of hydrogen-bond acceptors (Lipinski definition) is 7. The van der Waals surface area contributed by atoms with Crippen LogP contribution >= 0.6 is 11.3 Å².